The van der Waals surface area contributed by atoms with Gasteiger partial charge in [-0.15, -0.1) is 10.2 Å². The van der Waals surface area contributed by atoms with E-state index in [-0.39, 0.29) is 10.7 Å². The number of halogens is 3. The molecule has 1 aromatic heterocycles. The Balaban J connectivity index is 2.57. The van der Waals surface area contributed by atoms with Crippen LogP contribution in [0.25, 0.3) is 10.6 Å². The smallest absolute Gasteiger partial charge is 0.327 e. The van der Waals surface area contributed by atoms with E-state index in [2.05, 4.69) is 26.1 Å². The average Bonchev–Trinajstić information content (AvgIpc) is 2.64. The van der Waals surface area contributed by atoms with Crippen molar-refractivity contribution in [1.82, 2.24) is 10.2 Å². The summed E-state index contributed by atoms with van der Waals surface area (Å²) in [6.45, 7) is 0. The molecule has 0 unspecified atom stereocenters. The van der Waals surface area contributed by atoms with Crippen LogP contribution in [0, 0.1) is 0 Å². The Morgan fingerprint density at radius 1 is 1.25 bits per heavy atom. The van der Waals surface area contributed by atoms with Gasteiger partial charge >= 0.3 is 4.83 Å². The average molecular weight is 306 g/mol. The van der Waals surface area contributed by atoms with Gasteiger partial charge in [0.05, 0.1) is 0 Å². The second-order valence-corrected chi connectivity index (χ2v) is 4.99. The van der Waals surface area contributed by atoms with E-state index in [1.807, 2.05) is 0 Å². The van der Waals surface area contributed by atoms with Crippen molar-refractivity contribution in [2.45, 2.75) is 4.83 Å². The zero-order valence-corrected chi connectivity index (χ0v) is 10.2. The molecule has 84 valence electrons. The summed E-state index contributed by atoms with van der Waals surface area (Å²) >= 11 is 3.41. The van der Waals surface area contributed by atoms with Gasteiger partial charge in [-0.25, -0.2) is 0 Å². The zero-order chi connectivity index (χ0) is 11.8. The number of benzene rings is 1. The van der Waals surface area contributed by atoms with E-state index in [1.54, 1.807) is 18.2 Å². The second-order valence-electron chi connectivity index (χ2n) is 2.99. The Morgan fingerprint density at radius 3 is 2.50 bits per heavy atom. The molecule has 7 heteroatoms. The molecule has 0 aliphatic rings. The highest BCUT2D eigenvalue weighted by Crippen LogP contribution is 2.41. The number of nitrogens with zero attached hydrogens (tertiary/aromatic N) is 2. The molecule has 2 aromatic rings. The normalized spacial score (nSPS) is 11.7. The van der Waals surface area contributed by atoms with Crippen molar-refractivity contribution in [3.63, 3.8) is 0 Å². The van der Waals surface area contributed by atoms with Crippen LogP contribution in [0.2, 0.25) is 0 Å². The summed E-state index contributed by atoms with van der Waals surface area (Å²) in [5.41, 5.74) is 5.61. The zero-order valence-electron chi connectivity index (χ0n) is 7.82. The molecule has 0 fully saturated rings. The molecule has 0 saturated carbocycles. The number of nitrogen functional groups attached to an aromatic ring is 1. The fourth-order valence-corrected chi connectivity index (χ4v) is 2.26. The van der Waals surface area contributed by atoms with Gasteiger partial charge in [-0.05, 0) is 15.9 Å². The Morgan fingerprint density at radius 2 is 1.94 bits per heavy atom. The highest BCUT2D eigenvalue weighted by atomic mass is 79.9. The van der Waals surface area contributed by atoms with Crippen molar-refractivity contribution >= 4 is 32.4 Å². The molecule has 0 amide bonds. The summed E-state index contributed by atoms with van der Waals surface area (Å²) in [5.74, 6) is 0. The van der Waals surface area contributed by atoms with Crippen molar-refractivity contribution in [3.05, 3.63) is 29.8 Å². The first-order valence-electron chi connectivity index (χ1n) is 4.24. The van der Waals surface area contributed by atoms with Gasteiger partial charge in [0.2, 0.25) is 5.13 Å². The number of alkyl halides is 3. The van der Waals surface area contributed by atoms with E-state index in [0.29, 0.717) is 10.6 Å². The van der Waals surface area contributed by atoms with Crippen LogP contribution in [0.15, 0.2) is 24.3 Å². The highest BCUT2D eigenvalue weighted by Gasteiger charge is 2.30. The fraction of sp³-hybridized carbons (Fsp3) is 0.111. The third-order valence-electron chi connectivity index (χ3n) is 1.90. The van der Waals surface area contributed by atoms with Crippen LogP contribution in [0.5, 0.6) is 0 Å². The van der Waals surface area contributed by atoms with Crippen LogP contribution >= 0.6 is 27.3 Å². The molecule has 3 nitrogen and oxygen atoms in total. The van der Waals surface area contributed by atoms with Gasteiger partial charge in [-0.3, -0.25) is 0 Å². The molecule has 0 radical (unpaired) electrons. The third kappa shape index (κ3) is 2.19. The molecule has 0 aliphatic carbocycles. The second kappa shape index (κ2) is 4.06. The maximum atomic E-state index is 13.2. The SMILES string of the molecule is Nc1nnc(-c2ccccc2C(F)(F)Br)s1. The molecule has 0 spiro atoms. The van der Waals surface area contributed by atoms with E-state index in [1.165, 1.54) is 6.07 Å². The predicted octanol–water partition coefficient (Wildman–Crippen LogP) is 3.23. The summed E-state index contributed by atoms with van der Waals surface area (Å²) in [4.78, 5) is -3.09. The number of nitrogens with two attached hydrogens (primary N) is 1. The molecule has 0 saturated heterocycles. The van der Waals surface area contributed by atoms with Crippen molar-refractivity contribution in [1.29, 1.82) is 0 Å². The molecule has 2 N–H and O–H groups in total. The van der Waals surface area contributed by atoms with Gasteiger partial charge in [0.25, 0.3) is 0 Å². The quantitative estimate of drug-likeness (QED) is 0.867. The first kappa shape index (κ1) is 11.4. The Labute approximate surface area is 102 Å². The minimum absolute atomic E-state index is 0.147. The number of anilines is 1. The van der Waals surface area contributed by atoms with Gasteiger partial charge in [0, 0.05) is 11.1 Å². The van der Waals surface area contributed by atoms with Crippen LogP contribution in [0.1, 0.15) is 5.56 Å². The van der Waals surface area contributed by atoms with Crippen molar-refractivity contribution < 1.29 is 8.78 Å². The van der Waals surface area contributed by atoms with Crippen LogP contribution in [-0.4, -0.2) is 10.2 Å². The number of hydrogen-bond donors (Lipinski definition) is 1. The molecule has 0 atom stereocenters. The minimum Gasteiger partial charge on any atom is -0.374 e. The molecule has 16 heavy (non-hydrogen) atoms. The molecule has 1 aromatic carbocycles. The molecule has 0 bridgehead atoms. The monoisotopic (exact) mass is 305 g/mol. The summed E-state index contributed by atoms with van der Waals surface area (Å²) in [5, 5.41) is 7.99. The van der Waals surface area contributed by atoms with Gasteiger partial charge < -0.3 is 5.73 Å². The standard InChI is InChI=1S/C9H6BrF2N3S/c10-9(11,12)6-4-2-1-3-5(6)7-14-15-8(13)16-7/h1-4H,(H2,13,15). The molecular weight excluding hydrogens is 300 g/mol. The number of rotatable bonds is 2. The van der Waals surface area contributed by atoms with Crippen LogP contribution in [-0.2, 0) is 4.83 Å². The van der Waals surface area contributed by atoms with E-state index in [9.17, 15) is 8.78 Å². The van der Waals surface area contributed by atoms with Gasteiger partial charge in [0.1, 0.15) is 5.01 Å². The van der Waals surface area contributed by atoms with Crippen LogP contribution in [0.4, 0.5) is 13.9 Å². The lowest BCUT2D eigenvalue weighted by Gasteiger charge is -2.11. The Kier molecular flexibility index (Phi) is 2.90. The molecule has 1 heterocycles. The lowest BCUT2D eigenvalue weighted by Crippen LogP contribution is -2.04. The number of hydrogen-bond acceptors (Lipinski definition) is 4. The first-order chi connectivity index (χ1) is 7.48. The van der Waals surface area contributed by atoms with Crippen molar-refractivity contribution in [2.75, 3.05) is 5.73 Å². The largest absolute Gasteiger partial charge is 0.374 e. The lowest BCUT2D eigenvalue weighted by atomic mass is 10.1. The van der Waals surface area contributed by atoms with Crippen LogP contribution in [0.3, 0.4) is 0 Å². The first-order valence-corrected chi connectivity index (χ1v) is 5.85. The summed E-state index contributed by atoms with van der Waals surface area (Å²) in [6, 6.07) is 6.10. The van der Waals surface area contributed by atoms with E-state index >= 15 is 0 Å². The van der Waals surface area contributed by atoms with Crippen molar-refractivity contribution in [3.8, 4) is 10.6 Å². The topological polar surface area (TPSA) is 51.8 Å². The predicted molar refractivity (Wildman–Crippen MR) is 62.6 cm³/mol. The Hall–Kier alpha value is -1.08. The summed E-state index contributed by atoms with van der Waals surface area (Å²) in [7, 11) is 0. The summed E-state index contributed by atoms with van der Waals surface area (Å²) in [6.07, 6.45) is 0. The maximum absolute atomic E-state index is 13.2. The number of aromatic nitrogens is 2. The summed E-state index contributed by atoms with van der Waals surface area (Å²) < 4.78 is 26.5. The molecular formula is C9H6BrF2N3S. The minimum atomic E-state index is -3.09. The Bertz CT molecular complexity index is 509. The lowest BCUT2D eigenvalue weighted by molar-refractivity contribution is 0.115. The van der Waals surface area contributed by atoms with E-state index in [4.69, 9.17) is 5.73 Å². The highest BCUT2D eigenvalue weighted by molar-refractivity contribution is 9.09. The third-order valence-corrected chi connectivity index (χ3v) is 3.12. The maximum Gasteiger partial charge on any atom is 0.327 e. The molecule has 0 aliphatic heterocycles. The van der Waals surface area contributed by atoms with E-state index < -0.39 is 4.83 Å². The van der Waals surface area contributed by atoms with Gasteiger partial charge in [0.15, 0.2) is 0 Å². The fourth-order valence-electron chi connectivity index (χ4n) is 1.26. The van der Waals surface area contributed by atoms with Crippen LogP contribution < -0.4 is 5.73 Å². The van der Waals surface area contributed by atoms with E-state index in [0.717, 1.165) is 11.3 Å². The molecule has 2 rings (SSSR count). The van der Waals surface area contributed by atoms with Gasteiger partial charge in [-0.1, -0.05) is 35.6 Å². The van der Waals surface area contributed by atoms with Crippen molar-refractivity contribution in [2.24, 2.45) is 0 Å². The van der Waals surface area contributed by atoms with Gasteiger partial charge in [-0.2, -0.15) is 8.78 Å².